The zero-order valence-corrected chi connectivity index (χ0v) is 26.0. The Kier molecular flexibility index (Phi) is 9.27. The number of likely N-dealkylation sites (N-methyl/N-ethyl adjacent to an activating group) is 1. The summed E-state index contributed by atoms with van der Waals surface area (Å²) in [4.78, 5) is 30.8. The van der Waals surface area contributed by atoms with Gasteiger partial charge in [-0.1, -0.05) is 6.07 Å². The van der Waals surface area contributed by atoms with Crippen LogP contribution in [0.25, 0.3) is 17.2 Å². The lowest BCUT2D eigenvalue weighted by Crippen LogP contribution is -2.45. The quantitative estimate of drug-likeness (QED) is 0.334. The van der Waals surface area contributed by atoms with Gasteiger partial charge >= 0.3 is 0 Å². The van der Waals surface area contributed by atoms with Gasteiger partial charge in [-0.05, 0) is 102 Å². The summed E-state index contributed by atoms with van der Waals surface area (Å²) in [6, 6.07) is 12.3. The molecule has 0 radical (unpaired) electrons. The van der Waals surface area contributed by atoms with Crippen LogP contribution in [-0.4, -0.2) is 73.0 Å². The number of benzene rings is 2. The molecule has 1 fully saturated rings. The minimum absolute atomic E-state index is 0.0450. The molecule has 1 aromatic heterocycles. The Morgan fingerprint density at radius 2 is 1.70 bits per heavy atom. The maximum Gasteiger partial charge on any atom is 0.286 e. The lowest BCUT2D eigenvalue weighted by atomic mass is 10.0. The number of nitrogens with zero attached hydrogens (tertiary/aromatic N) is 3. The molecule has 43 heavy (non-hydrogen) atoms. The second kappa shape index (κ2) is 13.1. The predicted molar refractivity (Wildman–Crippen MR) is 169 cm³/mol. The Labute approximate surface area is 256 Å². The highest BCUT2D eigenvalue weighted by molar-refractivity contribution is 8.13. The molecule has 1 saturated heterocycles. The van der Waals surface area contributed by atoms with Crippen molar-refractivity contribution in [3.05, 3.63) is 82.4 Å². The van der Waals surface area contributed by atoms with Crippen LogP contribution in [0.15, 0.2) is 59.1 Å². The SMILES string of the molecule is COc1cc(C=C2C(C)=C(CC(=O)NCc3cccn3C)c3cc(F)ccc32)cc(OC)c1SC(=O)N1CCN(C)CC1. The number of allylic oxidation sites excluding steroid dienone is 2. The molecule has 1 aliphatic carbocycles. The summed E-state index contributed by atoms with van der Waals surface area (Å²) >= 11 is 1.11. The summed E-state index contributed by atoms with van der Waals surface area (Å²) in [6.45, 7) is 5.39. The molecule has 1 N–H and O–H groups in total. The Morgan fingerprint density at radius 1 is 1.00 bits per heavy atom. The number of carbonyl (C=O) groups excluding carboxylic acids is 2. The van der Waals surface area contributed by atoms with Crippen LogP contribution < -0.4 is 14.8 Å². The van der Waals surface area contributed by atoms with E-state index >= 15 is 0 Å². The number of methoxy groups -OCH3 is 2. The van der Waals surface area contributed by atoms with Gasteiger partial charge < -0.3 is 29.2 Å². The smallest absolute Gasteiger partial charge is 0.286 e. The van der Waals surface area contributed by atoms with E-state index in [4.69, 9.17) is 9.47 Å². The molecular weight excluding hydrogens is 567 g/mol. The van der Waals surface area contributed by atoms with Gasteiger partial charge in [-0.15, -0.1) is 0 Å². The Bertz CT molecular complexity index is 1580. The van der Waals surface area contributed by atoms with Crippen LogP contribution >= 0.6 is 11.8 Å². The number of hydrogen-bond donors (Lipinski definition) is 1. The lowest BCUT2D eigenvalue weighted by molar-refractivity contribution is -0.120. The van der Waals surface area contributed by atoms with Crippen molar-refractivity contribution in [3.8, 4) is 11.5 Å². The summed E-state index contributed by atoms with van der Waals surface area (Å²) in [7, 11) is 7.12. The molecule has 0 bridgehead atoms. The molecular formula is C33H37FN4O4S. The summed E-state index contributed by atoms with van der Waals surface area (Å²) in [5, 5.41) is 2.94. The van der Waals surface area contributed by atoms with Gasteiger partial charge in [-0.3, -0.25) is 9.59 Å². The number of ether oxygens (including phenoxy) is 2. The van der Waals surface area contributed by atoms with Crippen molar-refractivity contribution in [1.82, 2.24) is 19.7 Å². The summed E-state index contributed by atoms with van der Waals surface area (Å²) in [5.41, 5.74) is 5.92. The molecule has 0 spiro atoms. The third-order valence-corrected chi connectivity index (χ3v) is 9.09. The number of carbonyl (C=O) groups is 2. The van der Waals surface area contributed by atoms with Crippen LogP contribution in [0.1, 0.15) is 35.7 Å². The van der Waals surface area contributed by atoms with Gasteiger partial charge in [0.1, 0.15) is 22.2 Å². The minimum Gasteiger partial charge on any atom is -0.495 e. The van der Waals surface area contributed by atoms with Crippen LogP contribution in [0.2, 0.25) is 0 Å². The summed E-state index contributed by atoms with van der Waals surface area (Å²) in [6.07, 6.45) is 4.05. The zero-order valence-electron chi connectivity index (χ0n) is 25.2. The fraction of sp³-hybridized carbons (Fsp3) is 0.333. The fourth-order valence-electron chi connectivity index (χ4n) is 5.47. The highest BCUT2D eigenvalue weighted by Gasteiger charge is 2.27. The highest BCUT2D eigenvalue weighted by atomic mass is 32.2. The summed E-state index contributed by atoms with van der Waals surface area (Å²) in [5.74, 6) is 0.557. The Balaban J connectivity index is 1.43. The van der Waals surface area contributed by atoms with E-state index in [2.05, 4.69) is 10.2 Å². The molecule has 226 valence electrons. The first-order valence-corrected chi connectivity index (χ1v) is 15.0. The number of hydrogen-bond acceptors (Lipinski definition) is 6. The van der Waals surface area contributed by atoms with Gasteiger partial charge in [0.15, 0.2) is 0 Å². The first-order valence-electron chi connectivity index (χ1n) is 14.2. The van der Waals surface area contributed by atoms with Gasteiger partial charge in [0.25, 0.3) is 5.24 Å². The predicted octanol–water partition coefficient (Wildman–Crippen LogP) is 5.68. The Morgan fingerprint density at radius 3 is 2.33 bits per heavy atom. The number of aromatic nitrogens is 1. The van der Waals surface area contributed by atoms with Crippen molar-refractivity contribution in [1.29, 1.82) is 0 Å². The van der Waals surface area contributed by atoms with E-state index in [1.165, 1.54) is 12.1 Å². The number of nitrogens with one attached hydrogen (secondary N) is 1. The van der Waals surface area contributed by atoms with Gasteiger partial charge in [0, 0.05) is 45.1 Å². The molecule has 5 rings (SSSR count). The van der Waals surface area contributed by atoms with Crippen molar-refractivity contribution in [3.63, 3.8) is 0 Å². The number of amides is 2. The van der Waals surface area contributed by atoms with Crippen molar-refractivity contribution in [2.45, 2.75) is 24.8 Å². The summed E-state index contributed by atoms with van der Waals surface area (Å²) < 4.78 is 27.8. The number of thioether (sulfide) groups is 1. The van der Waals surface area contributed by atoms with Gasteiger partial charge in [0.05, 0.1) is 27.2 Å². The molecule has 8 nitrogen and oxygen atoms in total. The number of halogens is 1. The number of piperazine rings is 1. The molecule has 2 aromatic carbocycles. The van der Waals surface area contributed by atoms with Crippen molar-refractivity contribution >= 4 is 40.1 Å². The Hall–Kier alpha value is -4.02. The monoisotopic (exact) mass is 604 g/mol. The molecule has 0 unspecified atom stereocenters. The van der Waals surface area contributed by atoms with E-state index in [0.29, 0.717) is 41.6 Å². The fourth-order valence-corrected chi connectivity index (χ4v) is 6.44. The molecule has 3 aromatic rings. The van der Waals surface area contributed by atoms with E-state index in [1.807, 2.05) is 67.0 Å². The molecule has 2 aliphatic rings. The zero-order chi connectivity index (χ0) is 30.7. The molecule has 2 amide bonds. The molecule has 2 heterocycles. The number of aryl methyl sites for hydroxylation is 1. The van der Waals surface area contributed by atoms with Crippen LogP contribution in [0.4, 0.5) is 9.18 Å². The first kappa shape index (κ1) is 30.4. The number of fused-ring (bicyclic) bond motifs is 1. The molecule has 0 atom stereocenters. The van der Waals surface area contributed by atoms with E-state index in [1.54, 1.807) is 20.3 Å². The van der Waals surface area contributed by atoms with Crippen molar-refractivity contribution < 1.29 is 23.5 Å². The van der Waals surface area contributed by atoms with E-state index in [9.17, 15) is 14.0 Å². The van der Waals surface area contributed by atoms with Crippen LogP contribution in [0, 0.1) is 5.82 Å². The maximum atomic E-state index is 14.4. The molecule has 1 aliphatic heterocycles. The second-order valence-corrected chi connectivity index (χ2v) is 11.8. The molecule has 10 heteroatoms. The topological polar surface area (TPSA) is 76.0 Å². The maximum absolute atomic E-state index is 14.4. The normalized spacial score (nSPS) is 16.0. The van der Waals surface area contributed by atoms with Crippen LogP contribution in [0.3, 0.4) is 0 Å². The molecule has 0 saturated carbocycles. The lowest BCUT2D eigenvalue weighted by Gasteiger charge is -2.32. The van der Waals surface area contributed by atoms with Crippen molar-refractivity contribution in [2.75, 3.05) is 47.4 Å². The van der Waals surface area contributed by atoms with Crippen LogP contribution in [-0.2, 0) is 18.4 Å². The largest absolute Gasteiger partial charge is 0.495 e. The van der Waals surface area contributed by atoms with Crippen molar-refractivity contribution in [2.24, 2.45) is 7.05 Å². The van der Waals surface area contributed by atoms with E-state index in [-0.39, 0.29) is 23.4 Å². The highest BCUT2D eigenvalue weighted by Crippen LogP contribution is 2.46. The van der Waals surface area contributed by atoms with Gasteiger partial charge in [-0.25, -0.2) is 4.39 Å². The number of rotatable bonds is 8. The average Bonchev–Trinajstić information content (AvgIpc) is 3.52. The van der Waals surface area contributed by atoms with Gasteiger partial charge in [0.2, 0.25) is 5.91 Å². The average molecular weight is 605 g/mol. The third-order valence-electron chi connectivity index (χ3n) is 8.05. The minimum atomic E-state index is -0.357. The standard InChI is InChI=1S/C33H37FN4O4S/c1-21-26(25-9-8-23(34)18-28(25)27(21)19-31(39)35-20-24-7-6-10-37(24)3)15-22-16-29(41-4)32(30(17-22)42-5)43-33(40)38-13-11-36(2)12-14-38/h6-10,15-18H,11-14,19-20H2,1-5H3,(H,35,39). The second-order valence-electron chi connectivity index (χ2n) is 10.8. The van der Waals surface area contributed by atoms with Crippen LogP contribution in [0.5, 0.6) is 11.5 Å². The third kappa shape index (κ3) is 6.65. The first-order chi connectivity index (χ1) is 20.7. The van der Waals surface area contributed by atoms with E-state index < -0.39 is 0 Å². The van der Waals surface area contributed by atoms with E-state index in [0.717, 1.165) is 58.4 Å². The van der Waals surface area contributed by atoms with Gasteiger partial charge in [-0.2, -0.15) is 0 Å².